The maximum absolute atomic E-state index is 11.8. The molecule has 2 fully saturated rings. The van der Waals surface area contributed by atoms with E-state index >= 15 is 0 Å². The molecule has 4 heteroatoms. The normalized spacial score (nSPS) is 26.8. The second-order valence-corrected chi connectivity index (χ2v) is 8.11. The highest BCUT2D eigenvalue weighted by atomic mass is 16.6. The molecule has 1 aliphatic heterocycles. The Balaban J connectivity index is 1.41. The van der Waals surface area contributed by atoms with Crippen LogP contribution in [0, 0.1) is 11.3 Å². The predicted molar refractivity (Wildman–Crippen MR) is 91.0 cm³/mol. The van der Waals surface area contributed by atoms with Crippen molar-refractivity contribution in [2.75, 3.05) is 26.2 Å². The Morgan fingerprint density at radius 2 is 2.09 bits per heavy atom. The van der Waals surface area contributed by atoms with Crippen LogP contribution in [0.2, 0.25) is 0 Å². The maximum atomic E-state index is 11.8. The van der Waals surface area contributed by atoms with Gasteiger partial charge < -0.3 is 10.1 Å². The van der Waals surface area contributed by atoms with Crippen LogP contribution in [-0.4, -0.2) is 42.6 Å². The third kappa shape index (κ3) is 4.33. The van der Waals surface area contributed by atoms with Gasteiger partial charge in [-0.05, 0) is 44.1 Å². The summed E-state index contributed by atoms with van der Waals surface area (Å²) >= 11 is 0. The molecule has 2 aliphatic rings. The van der Waals surface area contributed by atoms with E-state index in [2.05, 4.69) is 40.5 Å². The number of nitrogens with one attached hydrogen (secondary N) is 1. The van der Waals surface area contributed by atoms with Gasteiger partial charge in [-0.3, -0.25) is 9.69 Å². The van der Waals surface area contributed by atoms with Crippen LogP contribution >= 0.6 is 0 Å². The fourth-order valence-electron chi connectivity index (χ4n) is 3.73. The molecule has 1 heterocycles. The fraction of sp³-hybridized carbons (Fsp3) is 0.632. The van der Waals surface area contributed by atoms with Crippen molar-refractivity contribution in [3.8, 4) is 0 Å². The number of carbonyl (C=O) groups is 1. The van der Waals surface area contributed by atoms with Crippen LogP contribution in [0.4, 0.5) is 0 Å². The standard InChI is InChI=1S/C19H28N2O2/c1-18(2,3)23-17(22)10-20-13-19-9-16(19)12-21(14-19)11-15-7-5-4-6-8-15/h4-8,16,20H,9-14H2,1-3H3. The van der Waals surface area contributed by atoms with Crippen LogP contribution in [-0.2, 0) is 16.1 Å². The predicted octanol–water partition coefficient (Wildman–Crippen LogP) is 2.44. The number of fused-ring (bicyclic) bond motifs is 1. The molecule has 2 atom stereocenters. The molecule has 0 amide bonds. The lowest BCUT2D eigenvalue weighted by Gasteiger charge is -2.22. The Kier molecular flexibility index (Phi) is 4.47. The molecule has 1 saturated heterocycles. The zero-order chi connectivity index (χ0) is 16.5. The Morgan fingerprint density at radius 3 is 2.78 bits per heavy atom. The largest absolute Gasteiger partial charge is 0.459 e. The van der Waals surface area contributed by atoms with Crippen molar-refractivity contribution in [2.45, 2.75) is 39.3 Å². The van der Waals surface area contributed by atoms with Crippen molar-refractivity contribution in [3.05, 3.63) is 35.9 Å². The van der Waals surface area contributed by atoms with E-state index in [9.17, 15) is 4.79 Å². The molecule has 0 aromatic heterocycles. The smallest absolute Gasteiger partial charge is 0.320 e. The first-order valence-corrected chi connectivity index (χ1v) is 8.55. The molecular weight excluding hydrogens is 288 g/mol. The Labute approximate surface area is 139 Å². The first kappa shape index (κ1) is 16.5. The van der Waals surface area contributed by atoms with Crippen molar-refractivity contribution in [1.82, 2.24) is 10.2 Å². The molecule has 1 aromatic rings. The third-order valence-electron chi connectivity index (χ3n) is 4.79. The number of nitrogens with zero attached hydrogens (tertiary/aromatic N) is 1. The zero-order valence-electron chi connectivity index (χ0n) is 14.5. The molecule has 0 bridgehead atoms. The minimum atomic E-state index is -0.404. The van der Waals surface area contributed by atoms with Crippen LogP contribution in [0.25, 0.3) is 0 Å². The van der Waals surface area contributed by atoms with Gasteiger partial charge in [-0.1, -0.05) is 30.3 Å². The van der Waals surface area contributed by atoms with Gasteiger partial charge in [0.1, 0.15) is 5.60 Å². The molecule has 4 nitrogen and oxygen atoms in total. The number of hydrogen-bond donors (Lipinski definition) is 1. The van der Waals surface area contributed by atoms with E-state index in [1.807, 2.05) is 20.8 Å². The number of hydrogen-bond acceptors (Lipinski definition) is 4. The summed E-state index contributed by atoms with van der Waals surface area (Å²) in [6, 6.07) is 10.6. The Hall–Kier alpha value is -1.39. The summed E-state index contributed by atoms with van der Waals surface area (Å²) in [6.07, 6.45) is 1.29. The van der Waals surface area contributed by atoms with E-state index in [1.165, 1.54) is 18.5 Å². The molecule has 3 rings (SSSR count). The molecule has 0 spiro atoms. The first-order valence-electron chi connectivity index (χ1n) is 8.55. The summed E-state index contributed by atoms with van der Waals surface area (Å²) in [5, 5.41) is 3.32. The van der Waals surface area contributed by atoms with Gasteiger partial charge in [0.05, 0.1) is 6.54 Å². The number of likely N-dealkylation sites (tertiary alicyclic amines) is 1. The summed E-state index contributed by atoms with van der Waals surface area (Å²) in [4.78, 5) is 14.3. The minimum absolute atomic E-state index is 0.162. The van der Waals surface area contributed by atoms with E-state index in [0.717, 1.165) is 25.6 Å². The van der Waals surface area contributed by atoms with Gasteiger partial charge in [0.15, 0.2) is 0 Å². The molecule has 126 valence electrons. The quantitative estimate of drug-likeness (QED) is 0.819. The third-order valence-corrected chi connectivity index (χ3v) is 4.79. The van der Waals surface area contributed by atoms with Gasteiger partial charge in [0.25, 0.3) is 0 Å². The summed E-state index contributed by atoms with van der Waals surface area (Å²) in [6.45, 7) is 10.3. The molecular formula is C19H28N2O2. The first-order chi connectivity index (χ1) is 10.9. The molecule has 23 heavy (non-hydrogen) atoms. The highest BCUT2D eigenvalue weighted by molar-refractivity contribution is 5.72. The summed E-state index contributed by atoms with van der Waals surface area (Å²) in [5.74, 6) is 0.627. The summed E-state index contributed by atoms with van der Waals surface area (Å²) in [7, 11) is 0. The topological polar surface area (TPSA) is 41.6 Å². The van der Waals surface area contributed by atoms with E-state index in [4.69, 9.17) is 4.74 Å². The highest BCUT2D eigenvalue weighted by Crippen LogP contribution is 2.57. The fourth-order valence-corrected chi connectivity index (χ4v) is 3.73. The average molecular weight is 316 g/mol. The summed E-state index contributed by atoms with van der Waals surface area (Å²) in [5.41, 5.74) is 1.36. The number of piperidine rings is 1. The van der Waals surface area contributed by atoms with E-state index < -0.39 is 5.60 Å². The molecule has 1 aliphatic carbocycles. The van der Waals surface area contributed by atoms with Gasteiger partial charge in [-0.25, -0.2) is 0 Å². The van der Waals surface area contributed by atoms with Crippen molar-refractivity contribution in [3.63, 3.8) is 0 Å². The Bertz CT molecular complexity index is 552. The van der Waals surface area contributed by atoms with E-state index in [-0.39, 0.29) is 5.97 Å². The second kappa shape index (κ2) is 6.25. The van der Waals surface area contributed by atoms with Gasteiger partial charge in [0.2, 0.25) is 0 Å². The Morgan fingerprint density at radius 1 is 1.35 bits per heavy atom. The number of benzene rings is 1. The number of esters is 1. The average Bonchev–Trinajstić information content (AvgIpc) is 2.99. The number of carbonyl (C=O) groups excluding carboxylic acids is 1. The molecule has 1 N–H and O–H groups in total. The minimum Gasteiger partial charge on any atom is -0.459 e. The van der Waals surface area contributed by atoms with Crippen molar-refractivity contribution in [2.24, 2.45) is 11.3 Å². The van der Waals surface area contributed by atoms with Crippen molar-refractivity contribution < 1.29 is 9.53 Å². The molecule has 1 saturated carbocycles. The van der Waals surface area contributed by atoms with Gasteiger partial charge in [0, 0.05) is 26.2 Å². The van der Waals surface area contributed by atoms with Gasteiger partial charge in [-0.2, -0.15) is 0 Å². The monoisotopic (exact) mass is 316 g/mol. The molecule has 0 radical (unpaired) electrons. The van der Waals surface area contributed by atoms with Crippen LogP contribution in [0.1, 0.15) is 32.8 Å². The number of rotatable bonds is 6. The van der Waals surface area contributed by atoms with E-state index in [0.29, 0.717) is 12.0 Å². The van der Waals surface area contributed by atoms with Crippen molar-refractivity contribution >= 4 is 5.97 Å². The van der Waals surface area contributed by atoms with Crippen LogP contribution in [0.15, 0.2) is 30.3 Å². The lowest BCUT2D eigenvalue weighted by molar-refractivity contribution is -0.153. The molecule has 2 unspecified atom stereocenters. The number of ether oxygens (including phenoxy) is 1. The summed E-state index contributed by atoms with van der Waals surface area (Å²) < 4.78 is 5.34. The molecule has 1 aromatic carbocycles. The van der Waals surface area contributed by atoms with Crippen LogP contribution in [0.3, 0.4) is 0 Å². The van der Waals surface area contributed by atoms with E-state index in [1.54, 1.807) is 0 Å². The van der Waals surface area contributed by atoms with Gasteiger partial charge >= 0.3 is 5.97 Å². The maximum Gasteiger partial charge on any atom is 0.320 e. The lowest BCUT2D eigenvalue weighted by Crippen LogP contribution is -2.36. The second-order valence-electron chi connectivity index (χ2n) is 8.11. The van der Waals surface area contributed by atoms with Crippen LogP contribution in [0.5, 0.6) is 0 Å². The van der Waals surface area contributed by atoms with Gasteiger partial charge in [-0.15, -0.1) is 0 Å². The van der Waals surface area contributed by atoms with Crippen LogP contribution < -0.4 is 5.32 Å². The SMILES string of the molecule is CC(C)(C)OC(=O)CNCC12CC1CN(Cc1ccccc1)C2. The highest BCUT2D eigenvalue weighted by Gasteiger charge is 2.59. The lowest BCUT2D eigenvalue weighted by atomic mass is 10.1. The van der Waals surface area contributed by atoms with Crippen molar-refractivity contribution in [1.29, 1.82) is 0 Å². The zero-order valence-corrected chi connectivity index (χ0v) is 14.5.